The molecule has 6 nitrogen and oxygen atoms in total. The van der Waals surface area contributed by atoms with Gasteiger partial charge in [-0.1, -0.05) is 6.07 Å². The summed E-state index contributed by atoms with van der Waals surface area (Å²) in [5.74, 6) is -0.370. The summed E-state index contributed by atoms with van der Waals surface area (Å²) in [7, 11) is 2.94. The second kappa shape index (κ2) is 6.87. The molecule has 142 valence electrons. The van der Waals surface area contributed by atoms with E-state index < -0.39 is 18.3 Å². The molecule has 2 aliphatic heterocycles. The molecule has 0 saturated carbocycles. The minimum absolute atomic E-state index is 0.370. The van der Waals surface area contributed by atoms with Gasteiger partial charge in [0.15, 0.2) is 0 Å². The number of carbonyl (C=O) groups is 1. The number of nitrogens with zero attached hydrogens (tertiary/aromatic N) is 2. The van der Waals surface area contributed by atoms with Gasteiger partial charge in [-0.05, 0) is 52.3 Å². The number of methoxy groups -OCH3 is 1. The summed E-state index contributed by atoms with van der Waals surface area (Å²) in [5.41, 5.74) is 1.33. The molecule has 0 N–H and O–H groups in total. The highest BCUT2D eigenvalue weighted by atomic mass is 16.7. The van der Waals surface area contributed by atoms with E-state index in [2.05, 4.69) is 16.8 Å². The molecular formula is C19H29BN2O4. The van der Waals surface area contributed by atoms with E-state index in [-0.39, 0.29) is 5.97 Å². The minimum atomic E-state index is -0.587. The molecule has 0 aliphatic carbocycles. The molecule has 0 bridgehead atoms. The molecule has 26 heavy (non-hydrogen) atoms. The van der Waals surface area contributed by atoms with Gasteiger partial charge in [-0.3, -0.25) is 0 Å². The normalized spacial score (nSPS) is 22.5. The molecule has 2 fully saturated rings. The van der Waals surface area contributed by atoms with E-state index in [1.165, 1.54) is 7.11 Å². The maximum absolute atomic E-state index is 12.4. The number of rotatable bonds is 3. The van der Waals surface area contributed by atoms with Gasteiger partial charge >= 0.3 is 13.1 Å². The molecule has 0 aromatic heterocycles. The summed E-state index contributed by atoms with van der Waals surface area (Å²) in [4.78, 5) is 17.0. The Morgan fingerprint density at radius 3 is 2.19 bits per heavy atom. The molecule has 2 heterocycles. The van der Waals surface area contributed by atoms with Crippen LogP contribution in [0.25, 0.3) is 0 Å². The highest BCUT2D eigenvalue weighted by Gasteiger charge is 2.52. The summed E-state index contributed by atoms with van der Waals surface area (Å²) < 4.78 is 17.3. The molecule has 7 heteroatoms. The average Bonchev–Trinajstić information content (AvgIpc) is 2.82. The smallest absolute Gasteiger partial charge is 0.465 e. The third-order valence-corrected chi connectivity index (χ3v) is 5.82. The lowest BCUT2D eigenvalue weighted by Crippen LogP contribution is -2.45. The molecule has 0 amide bonds. The molecular weight excluding hydrogens is 331 g/mol. The summed E-state index contributed by atoms with van der Waals surface area (Å²) in [6, 6.07) is 5.87. The van der Waals surface area contributed by atoms with Crippen molar-refractivity contribution in [3.63, 3.8) is 0 Å². The number of carbonyl (C=O) groups excluding carboxylic acids is 1. The Labute approximate surface area is 156 Å². The van der Waals surface area contributed by atoms with Crippen molar-refractivity contribution in [3.8, 4) is 0 Å². The van der Waals surface area contributed by atoms with E-state index >= 15 is 0 Å². The van der Waals surface area contributed by atoms with E-state index in [0.717, 1.165) is 31.9 Å². The van der Waals surface area contributed by atoms with Gasteiger partial charge in [0.05, 0.1) is 23.9 Å². The fraction of sp³-hybridized carbons (Fsp3) is 0.632. The van der Waals surface area contributed by atoms with Crippen LogP contribution in [0.1, 0.15) is 38.1 Å². The summed E-state index contributed by atoms with van der Waals surface area (Å²) in [6.07, 6.45) is 0. The van der Waals surface area contributed by atoms with Crippen LogP contribution in [0.4, 0.5) is 5.69 Å². The second-order valence-electron chi connectivity index (χ2n) is 8.14. The molecule has 0 radical (unpaired) electrons. The quantitative estimate of drug-likeness (QED) is 0.602. The predicted molar refractivity (Wildman–Crippen MR) is 103 cm³/mol. The van der Waals surface area contributed by atoms with Gasteiger partial charge in [0, 0.05) is 31.9 Å². The van der Waals surface area contributed by atoms with Crippen molar-refractivity contribution in [2.75, 3.05) is 45.2 Å². The average molecular weight is 360 g/mol. The van der Waals surface area contributed by atoms with Crippen LogP contribution in [0.5, 0.6) is 0 Å². The maximum atomic E-state index is 12.4. The minimum Gasteiger partial charge on any atom is -0.465 e. The van der Waals surface area contributed by atoms with Gasteiger partial charge in [-0.2, -0.15) is 0 Å². The molecule has 2 saturated heterocycles. The van der Waals surface area contributed by atoms with Gasteiger partial charge in [0.25, 0.3) is 0 Å². The van der Waals surface area contributed by atoms with E-state index in [1.54, 1.807) is 0 Å². The lowest BCUT2D eigenvalue weighted by Gasteiger charge is -2.34. The molecule has 0 atom stereocenters. The fourth-order valence-corrected chi connectivity index (χ4v) is 3.27. The molecule has 2 aliphatic rings. The largest absolute Gasteiger partial charge is 0.495 e. The second-order valence-corrected chi connectivity index (χ2v) is 8.14. The zero-order chi connectivity index (χ0) is 19.1. The number of piperazine rings is 1. The first-order chi connectivity index (χ1) is 12.1. The lowest BCUT2D eigenvalue weighted by atomic mass is 9.75. The molecule has 1 aromatic rings. The first-order valence-electron chi connectivity index (χ1n) is 9.16. The first-order valence-corrected chi connectivity index (χ1v) is 9.16. The SMILES string of the molecule is COC(=O)c1cc(N2CCN(C)CC2)ccc1B1OC(C)(C)C(C)(C)O1. The van der Waals surface area contributed by atoms with Gasteiger partial charge in [0.1, 0.15) is 0 Å². The summed E-state index contributed by atoms with van der Waals surface area (Å²) >= 11 is 0. The van der Waals surface area contributed by atoms with Crippen molar-refractivity contribution in [3.05, 3.63) is 23.8 Å². The highest BCUT2D eigenvalue weighted by Crippen LogP contribution is 2.37. The number of anilines is 1. The lowest BCUT2D eigenvalue weighted by molar-refractivity contribution is 0.00578. The number of likely N-dealkylation sites (N-methyl/N-ethyl adjacent to an activating group) is 1. The molecule has 0 unspecified atom stereocenters. The zero-order valence-electron chi connectivity index (χ0n) is 16.7. The van der Waals surface area contributed by atoms with E-state index in [4.69, 9.17) is 14.0 Å². The third-order valence-electron chi connectivity index (χ3n) is 5.82. The van der Waals surface area contributed by atoms with E-state index in [1.807, 2.05) is 45.9 Å². The Morgan fingerprint density at radius 2 is 1.65 bits per heavy atom. The monoisotopic (exact) mass is 360 g/mol. The van der Waals surface area contributed by atoms with Gasteiger partial charge in [0.2, 0.25) is 0 Å². The standard InChI is InChI=1S/C19H29BN2O4/c1-18(2)19(3,4)26-20(25-18)16-8-7-14(13-15(16)17(23)24-6)22-11-9-21(5)10-12-22/h7-8,13H,9-12H2,1-6H3. The topological polar surface area (TPSA) is 51.2 Å². The van der Waals surface area contributed by atoms with Crippen molar-refractivity contribution in [1.82, 2.24) is 4.90 Å². The molecule has 1 aromatic carbocycles. The van der Waals surface area contributed by atoms with Crippen LogP contribution < -0.4 is 10.4 Å². The van der Waals surface area contributed by atoms with Gasteiger partial charge < -0.3 is 23.8 Å². The Bertz CT molecular complexity index is 668. The highest BCUT2D eigenvalue weighted by molar-refractivity contribution is 6.63. The number of esters is 1. The van der Waals surface area contributed by atoms with Crippen LogP contribution in [0.15, 0.2) is 18.2 Å². The number of benzene rings is 1. The first kappa shape index (κ1) is 19.2. The number of hydrogen-bond acceptors (Lipinski definition) is 6. The van der Waals surface area contributed by atoms with Crippen molar-refractivity contribution in [1.29, 1.82) is 0 Å². The summed E-state index contributed by atoms with van der Waals surface area (Å²) in [6.45, 7) is 11.9. The molecule has 3 rings (SSSR count). The van der Waals surface area contributed by atoms with Crippen molar-refractivity contribution in [2.45, 2.75) is 38.9 Å². The Balaban J connectivity index is 1.92. The van der Waals surface area contributed by atoms with Gasteiger partial charge in [-0.25, -0.2) is 4.79 Å². The van der Waals surface area contributed by atoms with Crippen LogP contribution in [-0.4, -0.2) is 69.5 Å². The third kappa shape index (κ3) is 3.48. The zero-order valence-corrected chi connectivity index (χ0v) is 16.7. The van der Waals surface area contributed by atoms with Gasteiger partial charge in [-0.15, -0.1) is 0 Å². The maximum Gasteiger partial charge on any atom is 0.495 e. The summed E-state index contributed by atoms with van der Waals surface area (Å²) in [5, 5.41) is 0. The Kier molecular flexibility index (Phi) is 5.07. The number of ether oxygens (including phenoxy) is 1. The Hall–Kier alpha value is -1.57. The van der Waals surface area contributed by atoms with E-state index in [9.17, 15) is 4.79 Å². The Morgan fingerprint density at radius 1 is 1.08 bits per heavy atom. The van der Waals surface area contributed by atoms with Crippen LogP contribution in [-0.2, 0) is 14.0 Å². The molecule has 0 spiro atoms. The fourth-order valence-electron chi connectivity index (χ4n) is 3.27. The van der Waals surface area contributed by atoms with Crippen molar-refractivity contribution in [2.24, 2.45) is 0 Å². The predicted octanol–water partition coefficient (Wildman–Crippen LogP) is 1.52. The van der Waals surface area contributed by atoms with Crippen LogP contribution in [0.3, 0.4) is 0 Å². The van der Waals surface area contributed by atoms with Crippen molar-refractivity contribution < 1.29 is 18.8 Å². The van der Waals surface area contributed by atoms with Crippen LogP contribution in [0.2, 0.25) is 0 Å². The number of hydrogen-bond donors (Lipinski definition) is 0. The van der Waals surface area contributed by atoms with Crippen molar-refractivity contribution >= 4 is 24.2 Å². The van der Waals surface area contributed by atoms with Crippen LogP contribution in [0, 0.1) is 0 Å². The van der Waals surface area contributed by atoms with E-state index in [0.29, 0.717) is 11.0 Å². The van der Waals surface area contributed by atoms with Crippen LogP contribution >= 0.6 is 0 Å².